The van der Waals surface area contributed by atoms with Gasteiger partial charge in [-0.1, -0.05) is 50.5 Å². The first kappa shape index (κ1) is 12.3. The maximum atomic E-state index is 4.50. The van der Waals surface area contributed by atoms with E-state index in [1.807, 2.05) is 0 Å². The van der Waals surface area contributed by atoms with E-state index in [2.05, 4.69) is 52.9 Å². The maximum absolute atomic E-state index is 4.50. The van der Waals surface area contributed by atoms with Gasteiger partial charge in [0.15, 0.2) is 0 Å². The normalized spacial score (nSPS) is 11.4. The Kier molecular flexibility index (Phi) is 6.39. The van der Waals surface area contributed by atoms with Crippen LogP contribution in [-0.4, -0.2) is 7.85 Å². The summed E-state index contributed by atoms with van der Waals surface area (Å²) in [6.07, 6.45) is 1.23. The molecule has 0 saturated heterocycles. The first-order chi connectivity index (χ1) is 6.24. The smallest absolute Gasteiger partial charge is 0.0606 e. The van der Waals surface area contributed by atoms with Crippen molar-refractivity contribution >= 4 is 7.85 Å². The topological polar surface area (TPSA) is 0 Å². The molecule has 13 heavy (non-hydrogen) atoms. The molecule has 0 heterocycles. The zero-order valence-corrected chi connectivity index (χ0v) is 9.17. The summed E-state index contributed by atoms with van der Waals surface area (Å²) >= 11 is 0. The summed E-state index contributed by atoms with van der Waals surface area (Å²) in [7, 11) is 4.50. The van der Waals surface area contributed by atoms with Gasteiger partial charge in [0.2, 0.25) is 0 Å². The highest BCUT2D eigenvalue weighted by molar-refractivity contribution is 6.05. The summed E-state index contributed by atoms with van der Waals surface area (Å²) in [5, 5.41) is 0. The van der Waals surface area contributed by atoms with E-state index < -0.39 is 0 Å². The van der Waals surface area contributed by atoms with Gasteiger partial charge in [-0.05, 0) is 24.8 Å². The van der Waals surface area contributed by atoms with E-state index in [1.54, 1.807) is 0 Å². The second-order valence-electron chi connectivity index (χ2n) is 3.22. The van der Waals surface area contributed by atoms with Crippen molar-refractivity contribution in [2.45, 2.75) is 39.9 Å². The van der Waals surface area contributed by atoms with Crippen LogP contribution < -0.4 is 0 Å². The predicted molar refractivity (Wildman–Crippen MR) is 61.5 cm³/mol. The van der Waals surface area contributed by atoms with Gasteiger partial charge in [0, 0.05) is 0 Å². The number of benzene rings is 1. The Balaban J connectivity index is 0.000000671. The van der Waals surface area contributed by atoms with Gasteiger partial charge >= 0.3 is 0 Å². The molecular formula is C12H19B. The Morgan fingerprint density at radius 1 is 1.15 bits per heavy atom. The first-order valence-corrected chi connectivity index (χ1v) is 4.88. The van der Waals surface area contributed by atoms with Crippen LogP contribution >= 0.6 is 0 Å². The number of hydrogen-bond acceptors (Lipinski definition) is 0. The first-order valence-electron chi connectivity index (χ1n) is 4.88. The fourth-order valence-corrected chi connectivity index (χ4v) is 1.13. The third-order valence-electron chi connectivity index (χ3n) is 2.26. The van der Waals surface area contributed by atoms with E-state index in [9.17, 15) is 0 Å². The maximum Gasteiger partial charge on any atom is 0.0606 e. The molecule has 1 aromatic rings. The minimum Gasteiger partial charge on any atom is -0.0999 e. The molecule has 0 nitrogen and oxygen atoms in total. The van der Waals surface area contributed by atoms with Crippen molar-refractivity contribution in [2.24, 2.45) is 0 Å². The zero-order chi connectivity index (χ0) is 10.3. The molecule has 0 N–H and O–H groups in total. The summed E-state index contributed by atoms with van der Waals surface area (Å²) in [6.45, 7) is 8.12. The molecule has 0 aromatic heterocycles. The van der Waals surface area contributed by atoms with E-state index >= 15 is 0 Å². The molecule has 0 fully saturated rings. The van der Waals surface area contributed by atoms with Crippen molar-refractivity contribution in [3.63, 3.8) is 0 Å². The SMILES string of the molecule is CCC(C)c1ccc(C)cc1.[B]C. The summed E-state index contributed by atoms with van der Waals surface area (Å²) in [4.78, 5) is 0. The van der Waals surface area contributed by atoms with Crippen molar-refractivity contribution < 1.29 is 0 Å². The minimum atomic E-state index is 0.704. The molecule has 1 heteroatoms. The van der Waals surface area contributed by atoms with Crippen LogP contribution in [0.5, 0.6) is 0 Å². The molecule has 0 aliphatic heterocycles. The van der Waals surface area contributed by atoms with E-state index in [0.29, 0.717) is 5.92 Å². The molecule has 0 aliphatic rings. The molecule has 0 aliphatic carbocycles. The van der Waals surface area contributed by atoms with Gasteiger partial charge in [-0.15, -0.1) is 0 Å². The largest absolute Gasteiger partial charge is 0.0999 e. The average Bonchev–Trinajstić information content (AvgIpc) is 2.21. The highest BCUT2D eigenvalue weighted by Crippen LogP contribution is 2.18. The fourth-order valence-electron chi connectivity index (χ4n) is 1.13. The van der Waals surface area contributed by atoms with Crippen molar-refractivity contribution in [1.29, 1.82) is 0 Å². The van der Waals surface area contributed by atoms with Gasteiger partial charge < -0.3 is 0 Å². The van der Waals surface area contributed by atoms with Crippen LogP contribution in [0, 0.1) is 6.92 Å². The van der Waals surface area contributed by atoms with Gasteiger partial charge in [0.1, 0.15) is 0 Å². The molecule has 0 amide bonds. The van der Waals surface area contributed by atoms with Crippen molar-refractivity contribution in [2.75, 3.05) is 0 Å². The van der Waals surface area contributed by atoms with Crippen LogP contribution in [0.4, 0.5) is 0 Å². The van der Waals surface area contributed by atoms with Crippen molar-refractivity contribution in [3.05, 3.63) is 35.4 Å². The Bertz CT molecular complexity index is 213. The number of hydrogen-bond donors (Lipinski definition) is 0. The van der Waals surface area contributed by atoms with E-state index in [0.717, 1.165) is 0 Å². The second-order valence-corrected chi connectivity index (χ2v) is 3.22. The summed E-state index contributed by atoms with van der Waals surface area (Å²) in [5.41, 5.74) is 2.80. The molecule has 1 rings (SSSR count). The molecule has 1 atom stereocenters. The van der Waals surface area contributed by atoms with E-state index in [1.165, 1.54) is 24.4 Å². The molecule has 1 unspecified atom stereocenters. The van der Waals surface area contributed by atoms with Crippen LogP contribution in [0.3, 0.4) is 0 Å². The van der Waals surface area contributed by atoms with Crippen LogP contribution in [-0.2, 0) is 0 Å². The van der Waals surface area contributed by atoms with Gasteiger partial charge in [-0.25, -0.2) is 0 Å². The lowest BCUT2D eigenvalue weighted by Gasteiger charge is -2.07. The van der Waals surface area contributed by atoms with Crippen molar-refractivity contribution in [1.82, 2.24) is 0 Å². The van der Waals surface area contributed by atoms with Crippen LogP contribution in [0.1, 0.15) is 37.3 Å². The third kappa shape index (κ3) is 4.16. The van der Waals surface area contributed by atoms with Crippen LogP contribution in [0.25, 0.3) is 0 Å². The predicted octanol–water partition coefficient (Wildman–Crippen LogP) is 3.71. The summed E-state index contributed by atoms with van der Waals surface area (Å²) in [5.74, 6) is 0.704. The second kappa shape index (κ2) is 6.76. The minimum absolute atomic E-state index is 0.704. The average molecular weight is 174 g/mol. The van der Waals surface area contributed by atoms with Crippen LogP contribution in [0.15, 0.2) is 24.3 Å². The Hall–Kier alpha value is -0.715. The van der Waals surface area contributed by atoms with E-state index in [-0.39, 0.29) is 0 Å². The Labute approximate surface area is 83.8 Å². The third-order valence-corrected chi connectivity index (χ3v) is 2.26. The molecular weight excluding hydrogens is 155 g/mol. The van der Waals surface area contributed by atoms with Gasteiger partial charge in [-0.3, -0.25) is 0 Å². The van der Waals surface area contributed by atoms with Gasteiger partial charge in [0.25, 0.3) is 0 Å². The standard InChI is InChI=1S/C11H16.CH3B/c1-4-10(3)11-7-5-9(2)6-8-11;1-2/h5-8,10H,4H2,1-3H3;1H3. The molecule has 2 radical (unpaired) electrons. The Morgan fingerprint density at radius 2 is 1.62 bits per heavy atom. The van der Waals surface area contributed by atoms with Crippen LogP contribution in [0.2, 0.25) is 6.82 Å². The zero-order valence-electron chi connectivity index (χ0n) is 9.17. The number of aryl methyl sites for hydroxylation is 1. The molecule has 1 aromatic carbocycles. The summed E-state index contributed by atoms with van der Waals surface area (Å²) < 4.78 is 0. The molecule has 0 spiro atoms. The molecule has 0 saturated carbocycles. The lowest BCUT2D eigenvalue weighted by Crippen LogP contribution is -1.89. The van der Waals surface area contributed by atoms with Crippen molar-refractivity contribution in [3.8, 4) is 0 Å². The monoisotopic (exact) mass is 174 g/mol. The van der Waals surface area contributed by atoms with Gasteiger partial charge in [-0.2, -0.15) is 0 Å². The summed E-state index contributed by atoms with van der Waals surface area (Å²) in [6, 6.07) is 8.82. The highest BCUT2D eigenvalue weighted by atomic mass is 14.0. The lowest BCUT2D eigenvalue weighted by atomic mass is 9.98. The lowest BCUT2D eigenvalue weighted by molar-refractivity contribution is 0.733. The van der Waals surface area contributed by atoms with Gasteiger partial charge in [0.05, 0.1) is 7.85 Å². The fraction of sp³-hybridized carbons (Fsp3) is 0.500. The number of rotatable bonds is 2. The molecule has 0 bridgehead atoms. The Morgan fingerprint density at radius 3 is 2.00 bits per heavy atom. The van der Waals surface area contributed by atoms with E-state index in [4.69, 9.17) is 0 Å². The highest BCUT2D eigenvalue weighted by Gasteiger charge is 2.00. The quantitative estimate of drug-likeness (QED) is 0.599. The molecule has 70 valence electrons.